The second-order valence-electron chi connectivity index (χ2n) is 6.37. The number of hydrogen-bond acceptors (Lipinski definition) is 4. The lowest BCUT2D eigenvalue weighted by Crippen LogP contribution is -2.37. The highest BCUT2D eigenvalue weighted by Gasteiger charge is 2.30. The molecule has 1 atom stereocenters. The summed E-state index contributed by atoms with van der Waals surface area (Å²) in [4.78, 5) is 2.05. The fourth-order valence-electron chi connectivity index (χ4n) is 3.02. The summed E-state index contributed by atoms with van der Waals surface area (Å²) in [6, 6.07) is 6.18. The Morgan fingerprint density at radius 2 is 2.00 bits per heavy atom. The Kier molecular flexibility index (Phi) is 5.97. The maximum atomic E-state index is 12.8. The molecular weight excluding hydrogens is 322 g/mol. The van der Waals surface area contributed by atoms with Gasteiger partial charge in [-0.1, -0.05) is 26.0 Å². The first-order valence-corrected chi connectivity index (χ1v) is 9.46. The highest BCUT2D eigenvalue weighted by atomic mass is 32.2. The molecule has 1 aromatic carbocycles. The van der Waals surface area contributed by atoms with Gasteiger partial charge in [0.05, 0.1) is 10.6 Å². The summed E-state index contributed by atoms with van der Waals surface area (Å²) in [5.74, 6) is -2.85. The second kappa shape index (κ2) is 7.57. The quantitative estimate of drug-likeness (QED) is 0.824. The van der Waals surface area contributed by atoms with Crippen LogP contribution < -0.4 is 5.32 Å². The third kappa shape index (κ3) is 4.41. The molecule has 0 saturated carbocycles. The van der Waals surface area contributed by atoms with Gasteiger partial charge in [0, 0.05) is 19.1 Å². The molecule has 0 amide bonds. The van der Waals surface area contributed by atoms with Crippen molar-refractivity contribution in [3.63, 3.8) is 0 Å². The van der Waals surface area contributed by atoms with Gasteiger partial charge in [0.2, 0.25) is 9.84 Å². The van der Waals surface area contributed by atoms with Gasteiger partial charge in [-0.05, 0) is 37.4 Å². The Morgan fingerprint density at radius 1 is 1.30 bits per heavy atom. The fraction of sp³-hybridized carbons (Fsp3) is 0.625. The van der Waals surface area contributed by atoms with E-state index in [0.717, 1.165) is 25.9 Å². The van der Waals surface area contributed by atoms with Gasteiger partial charge in [-0.25, -0.2) is 8.42 Å². The number of alkyl halides is 2. The smallest absolute Gasteiger partial charge is 0.341 e. The number of halogens is 2. The predicted molar refractivity (Wildman–Crippen MR) is 87.6 cm³/mol. The van der Waals surface area contributed by atoms with Crippen LogP contribution in [0.2, 0.25) is 0 Å². The summed E-state index contributed by atoms with van der Waals surface area (Å²) in [5.41, 5.74) is 0.254. The topological polar surface area (TPSA) is 49.4 Å². The third-order valence-electron chi connectivity index (χ3n) is 4.06. The molecule has 23 heavy (non-hydrogen) atoms. The molecule has 0 radical (unpaired) electrons. The molecule has 1 heterocycles. The molecule has 0 aliphatic carbocycles. The van der Waals surface area contributed by atoms with Crippen LogP contribution >= 0.6 is 0 Å². The number of sulfone groups is 1. The van der Waals surface area contributed by atoms with E-state index in [1.807, 2.05) is 0 Å². The van der Waals surface area contributed by atoms with Crippen molar-refractivity contribution in [1.29, 1.82) is 0 Å². The first-order valence-electron chi connectivity index (χ1n) is 7.91. The molecule has 2 rings (SSSR count). The van der Waals surface area contributed by atoms with E-state index in [4.69, 9.17) is 0 Å². The van der Waals surface area contributed by atoms with Crippen molar-refractivity contribution in [2.45, 2.75) is 43.4 Å². The Bertz CT molecular complexity index is 620. The van der Waals surface area contributed by atoms with Crippen molar-refractivity contribution >= 4 is 15.5 Å². The zero-order valence-corrected chi connectivity index (χ0v) is 14.3. The highest BCUT2D eigenvalue weighted by Crippen LogP contribution is 2.27. The monoisotopic (exact) mass is 346 g/mol. The van der Waals surface area contributed by atoms with Crippen molar-refractivity contribution in [3.8, 4) is 0 Å². The molecule has 1 N–H and O–H groups in total. The summed E-state index contributed by atoms with van der Waals surface area (Å²) < 4.78 is 49.1. The summed E-state index contributed by atoms with van der Waals surface area (Å²) in [6.07, 6.45) is 2.14. The van der Waals surface area contributed by atoms with E-state index in [1.54, 1.807) is 6.07 Å². The SMILES string of the molecule is CC(C)CN1CCC[C@@H]1CNc1ccccc1S(=O)(=O)C(F)F. The lowest BCUT2D eigenvalue weighted by Gasteiger charge is -2.27. The Balaban J connectivity index is 2.10. The maximum absolute atomic E-state index is 12.8. The molecule has 0 bridgehead atoms. The van der Waals surface area contributed by atoms with Gasteiger partial charge < -0.3 is 5.32 Å². The Morgan fingerprint density at radius 3 is 2.65 bits per heavy atom. The molecule has 1 aliphatic heterocycles. The fourth-order valence-corrected chi connectivity index (χ4v) is 3.93. The molecule has 1 aromatic rings. The molecule has 7 heteroatoms. The Labute approximate surface area is 136 Å². The van der Waals surface area contributed by atoms with Crippen LogP contribution in [0.3, 0.4) is 0 Å². The minimum atomic E-state index is -4.60. The number of nitrogens with one attached hydrogen (secondary N) is 1. The standard InChI is InChI=1S/C16H24F2N2O2S/c1-12(2)11-20-9-5-6-13(20)10-19-14-7-3-4-8-15(14)23(21,22)16(17)18/h3-4,7-8,12-13,16,19H,5-6,9-11H2,1-2H3/t13-/m1/s1. The van der Waals surface area contributed by atoms with Gasteiger partial charge in [-0.2, -0.15) is 8.78 Å². The summed E-state index contributed by atoms with van der Waals surface area (Å²) >= 11 is 0. The molecule has 1 saturated heterocycles. The molecule has 1 aliphatic rings. The zero-order valence-electron chi connectivity index (χ0n) is 13.5. The average molecular weight is 346 g/mol. The largest absolute Gasteiger partial charge is 0.382 e. The van der Waals surface area contributed by atoms with Crippen LogP contribution in [-0.4, -0.2) is 44.8 Å². The summed E-state index contributed by atoms with van der Waals surface area (Å²) in [6.45, 7) is 6.90. The van der Waals surface area contributed by atoms with E-state index in [-0.39, 0.29) is 10.6 Å². The van der Waals surface area contributed by atoms with Crippen LogP contribution in [0.15, 0.2) is 29.2 Å². The molecule has 0 aromatic heterocycles. The molecule has 0 unspecified atom stereocenters. The van der Waals surface area contributed by atoms with Gasteiger partial charge in [-0.3, -0.25) is 4.90 Å². The van der Waals surface area contributed by atoms with Crippen LogP contribution in [-0.2, 0) is 9.84 Å². The number of rotatable bonds is 7. The van der Waals surface area contributed by atoms with Crippen molar-refractivity contribution in [1.82, 2.24) is 4.90 Å². The van der Waals surface area contributed by atoms with Gasteiger partial charge in [0.1, 0.15) is 0 Å². The van der Waals surface area contributed by atoms with E-state index < -0.39 is 15.6 Å². The number of likely N-dealkylation sites (tertiary alicyclic amines) is 1. The molecule has 0 spiro atoms. The number of hydrogen-bond donors (Lipinski definition) is 1. The molecule has 130 valence electrons. The summed E-state index contributed by atoms with van der Waals surface area (Å²) in [5, 5.41) is 3.07. The maximum Gasteiger partial charge on any atom is 0.341 e. The minimum absolute atomic E-state index is 0.254. The van der Waals surface area contributed by atoms with E-state index in [1.165, 1.54) is 18.2 Å². The number of anilines is 1. The number of para-hydroxylation sites is 1. The zero-order chi connectivity index (χ0) is 17.0. The predicted octanol–water partition coefficient (Wildman–Crippen LogP) is 3.22. The minimum Gasteiger partial charge on any atom is -0.382 e. The number of benzene rings is 1. The van der Waals surface area contributed by atoms with Gasteiger partial charge >= 0.3 is 5.76 Å². The van der Waals surface area contributed by atoms with Gasteiger partial charge in [0.25, 0.3) is 0 Å². The normalized spacial score (nSPS) is 19.7. The second-order valence-corrected chi connectivity index (χ2v) is 8.25. The first-order chi connectivity index (χ1) is 10.8. The van der Waals surface area contributed by atoms with Crippen LogP contribution in [0.25, 0.3) is 0 Å². The van der Waals surface area contributed by atoms with Crippen LogP contribution in [0, 0.1) is 5.92 Å². The van der Waals surface area contributed by atoms with Crippen LogP contribution in [0.1, 0.15) is 26.7 Å². The van der Waals surface area contributed by atoms with E-state index in [2.05, 4.69) is 24.1 Å². The van der Waals surface area contributed by atoms with Crippen molar-refractivity contribution in [3.05, 3.63) is 24.3 Å². The summed E-state index contributed by atoms with van der Waals surface area (Å²) in [7, 11) is -4.60. The van der Waals surface area contributed by atoms with Gasteiger partial charge in [0.15, 0.2) is 0 Å². The van der Waals surface area contributed by atoms with E-state index in [9.17, 15) is 17.2 Å². The molecule has 1 fully saturated rings. The van der Waals surface area contributed by atoms with Crippen LogP contribution in [0.4, 0.5) is 14.5 Å². The van der Waals surface area contributed by atoms with Gasteiger partial charge in [-0.15, -0.1) is 0 Å². The lowest BCUT2D eigenvalue weighted by molar-refractivity contribution is 0.233. The van der Waals surface area contributed by atoms with Crippen molar-refractivity contribution < 1.29 is 17.2 Å². The van der Waals surface area contributed by atoms with Crippen molar-refractivity contribution in [2.24, 2.45) is 5.92 Å². The van der Waals surface area contributed by atoms with E-state index >= 15 is 0 Å². The number of nitrogens with zero attached hydrogens (tertiary/aromatic N) is 1. The first kappa shape index (κ1) is 18.1. The van der Waals surface area contributed by atoms with E-state index in [0.29, 0.717) is 18.5 Å². The third-order valence-corrected chi connectivity index (χ3v) is 5.49. The average Bonchev–Trinajstić information content (AvgIpc) is 2.91. The highest BCUT2D eigenvalue weighted by molar-refractivity contribution is 7.91. The lowest BCUT2D eigenvalue weighted by atomic mass is 10.1. The molecular formula is C16H24F2N2O2S. The molecule has 4 nitrogen and oxygen atoms in total. The van der Waals surface area contributed by atoms with Crippen molar-refractivity contribution in [2.75, 3.05) is 25.0 Å². The Hall–Kier alpha value is -1.21. The van der Waals surface area contributed by atoms with Crippen LogP contribution in [0.5, 0.6) is 0 Å².